The summed E-state index contributed by atoms with van der Waals surface area (Å²) in [6, 6.07) is 10.8. The molecule has 0 radical (unpaired) electrons. The summed E-state index contributed by atoms with van der Waals surface area (Å²) in [4.78, 5) is 27.8. The van der Waals surface area contributed by atoms with Crippen LogP contribution in [0.3, 0.4) is 0 Å². The number of fused-ring (bicyclic) bond motifs is 1. The van der Waals surface area contributed by atoms with Gasteiger partial charge >= 0.3 is 31.9 Å². The molecule has 1 unspecified atom stereocenters. The average molecular weight is 773 g/mol. The molecule has 272 valence electrons. The highest BCUT2D eigenvalue weighted by Gasteiger charge is 2.39. The number of ether oxygens (including phenoxy) is 2. The van der Waals surface area contributed by atoms with Gasteiger partial charge in [-0.1, -0.05) is 18.2 Å². The normalized spacial score (nSPS) is 12.7. The molecule has 1 atom stereocenters. The summed E-state index contributed by atoms with van der Waals surface area (Å²) in [6.07, 6.45) is -11.2. The highest BCUT2D eigenvalue weighted by molar-refractivity contribution is 7.92. The smallest absolute Gasteiger partial charge is 0.488 e. The van der Waals surface area contributed by atoms with E-state index in [-0.39, 0.29) is 59.2 Å². The zero-order valence-electron chi connectivity index (χ0n) is 24.1. The lowest BCUT2D eigenvalue weighted by Gasteiger charge is -2.14. The highest BCUT2D eigenvalue weighted by Crippen LogP contribution is 2.45. The summed E-state index contributed by atoms with van der Waals surface area (Å²) in [5.41, 5.74) is 10.6. The molecule has 8 N–H and O–H groups in total. The lowest BCUT2D eigenvalue weighted by atomic mass is 10.1. The van der Waals surface area contributed by atoms with Crippen LogP contribution in [-0.4, -0.2) is 80.4 Å². The molecule has 0 fully saturated rings. The Morgan fingerprint density at radius 3 is 1.92 bits per heavy atom. The van der Waals surface area contributed by atoms with Gasteiger partial charge in [-0.25, -0.2) is 27.0 Å². The zero-order valence-corrected chi connectivity index (χ0v) is 26.6. The number of rotatable bonds is 12. The molecule has 2 aromatic carbocycles. The fraction of sp³-hybridized carbons (Fsp3) is 0.292. The van der Waals surface area contributed by atoms with Crippen molar-refractivity contribution in [3.8, 4) is 23.3 Å². The quantitative estimate of drug-likeness (QED) is 0.114. The molecule has 1 heterocycles. The van der Waals surface area contributed by atoms with Crippen molar-refractivity contribution in [3.63, 3.8) is 0 Å². The van der Waals surface area contributed by atoms with Crippen LogP contribution in [0.25, 0.3) is 10.1 Å². The van der Waals surface area contributed by atoms with Gasteiger partial charge in [-0.05, 0) is 12.1 Å². The van der Waals surface area contributed by atoms with E-state index < -0.39 is 58.2 Å². The first-order chi connectivity index (χ1) is 22.5. The number of hydrogen-bond acceptors (Lipinski definition) is 12. The van der Waals surface area contributed by atoms with Crippen LogP contribution in [-0.2, 0) is 24.2 Å². The van der Waals surface area contributed by atoms with Crippen LogP contribution >= 0.6 is 18.9 Å². The van der Waals surface area contributed by atoms with Gasteiger partial charge in [0.1, 0.15) is 36.9 Å². The number of benzene rings is 2. The Bertz CT molecular complexity index is 1780. The summed E-state index contributed by atoms with van der Waals surface area (Å²) in [5.74, 6) is -6.70. The Labute approximate surface area is 275 Å². The second-order valence-electron chi connectivity index (χ2n) is 8.50. The van der Waals surface area contributed by atoms with Crippen molar-refractivity contribution in [2.45, 2.75) is 16.6 Å². The van der Waals surface area contributed by atoms with E-state index in [0.29, 0.717) is 11.3 Å². The molecule has 0 aliphatic carbocycles. The number of alkyl halides is 6. The third kappa shape index (κ3) is 13.3. The van der Waals surface area contributed by atoms with Gasteiger partial charge in [-0.15, -0.1) is 11.3 Å². The third-order valence-electron chi connectivity index (χ3n) is 4.84. The number of carboxylic acids is 2. The van der Waals surface area contributed by atoms with Gasteiger partial charge < -0.3 is 40.6 Å². The minimum Gasteiger partial charge on any atom is -0.488 e. The van der Waals surface area contributed by atoms with Crippen LogP contribution < -0.4 is 30.2 Å². The van der Waals surface area contributed by atoms with Crippen LogP contribution in [0.2, 0.25) is 0 Å². The van der Waals surface area contributed by atoms with Gasteiger partial charge in [0.05, 0.1) is 5.39 Å². The highest BCUT2D eigenvalue weighted by atomic mass is 32.2. The van der Waals surface area contributed by atoms with Gasteiger partial charge in [0, 0.05) is 23.9 Å². The van der Waals surface area contributed by atoms with Crippen molar-refractivity contribution in [1.82, 2.24) is 4.72 Å². The van der Waals surface area contributed by atoms with Gasteiger partial charge in [-0.2, -0.15) is 36.3 Å². The van der Waals surface area contributed by atoms with Crippen LogP contribution in [0.15, 0.2) is 40.6 Å². The van der Waals surface area contributed by atoms with Gasteiger partial charge in [-0.3, -0.25) is 0 Å². The van der Waals surface area contributed by atoms with E-state index in [9.17, 15) is 49.5 Å². The molecule has 1 aromatic heterocycles. The number of para-hydroxylation sites is 1. The summed E-state index contributed by atoms with van der Waals surface area (Å²) in [6.45, 7) is 0.292. The molecule has 0 bridgehead atoms. The fourth-order valence-corrected chi connectivity index (χ4v) is 6.99. The number of halogens is 7. The largest absolute Gasteiger partial charge is 0.490 e. The predicted molar refractivity (Wildman–Crippen MR) is 155 cm³/mol. The predicted octanol–water partition coefficient (Wildman–Crippen LogP) is 3.35. The first kappa shape index (κ1) is 42.8. The molecular formula is C24H24F7N4O11PS2. The molecule has 25 heteroatoms. The maximum absolute atomic E-state index is 15.4. The number of sulfonamides is 1. The maximum Gasteiger partial charge on any atom is 0.490 e. The molecule has 0 saturated carbocycles. The summed E-state index contributed by atoms with van der Waals surface area (Å²) in [7, 11) is -9.07. The number of carbonyl (C=O) groups is 2. The number of aliphatic carboxylic acids is 2. The summed E-state index contributed by atoms with van der Waals surface area (Å²) < 4.78 is 134. The SMILES string of the molecule is N#Cc1c(OCCN)c(OCCN)cc2sc(S(=O)(=O)NCP(=O)(O)Oc3ccccc3)c(F)c12.O=C(O)C(F)(F)F.O=C(O)C(F)(F)F. The molecule has 3 rings (SSSR count). The molecule has 3 aromatic rings. The molecule has 0 amide bonds. The number of nitriles is 1. The van der Waals surface area contributed by atoms with Crippen LogP contribution in [0.5, 0.6) is 17.2 Å². The molecule has 15 nitrogen and oxygen atoms in total. The Morgan fingerprint density at radius 1 is 0.980 bits per heavy atom. The Kier molecular flexibility index (Phi) is 15.7. The second-order valence-corrected chi connectivity index (χ2v) is 13.3. The van der Waals surface area contributed by atoms with Crippen LogP contribution in [0.1, 0.15) is 5.56 Å². The monoisotopic (exact) mass is 772 g/mol. The van der Waals surface area contributed by atoms with Crippen molar-refractivity contribution in [3.05, 3.63) is 47.8 Å². The van der Waals surface area contributed by atoms with Crippen molar-refractivity contribution in [1.29, 1.82) is 5.26 Å². The van der Waals surface area contributed by atoms with E-state index >= 15 is 4.39 Å². The Balaban J connectivity index is 0.000000717. The van der Waals surface area contributed by atoms with Crippen molar-refractivity contribution >= 4 is 51.0 Å². The lowest BCUT2D eigenvalue weighted by Crippen LogP contribution is -2.25. The number of nitrogens with zero attached hydrogens (tertiary/aromatic N) is 1. The number of thiophene rings is 1. The Hall–Kier alpha value is -4.24. The van der Waals surface area contributed by atoms with E-state index in [1.54, 1.807) is 18.2 Å². The van der Waals surface area contributed by atoms with Crippen molar-refractivity contribution in [2.75, 3.05) is 32.6 Å². The van der Waals surface area contributed by atoms with Gasteiger partial charge in [0.15, 0.2) is 21.5 Å². The van der Waals surface area contributed by atoms with Crippen molar-refractivity contribution in [2.24, 2.45) is 11.5 Å². The number of nitrogens with one attached hydrogen (secondary N) is 1. The molecular weight excluding hydrogens is 748 g/mol. The Morgan fingerprint density at radius 2 is 1.47 bits per heavy atom. The van der Waals surface area contributed by atoms with Gasteiger partial charge in [0.2, 0.25) is 0 Å². The van der Waals surface area contributed by atoms with E-state index in [2.05, 4.69) is 0 Å². The van der Waals surface area contributed by atoms with E-state index in [1.807, 2.05) is 10.8 Å². The van der Waals surface area contributed by atoms with E-state index in [1.165, 1.54) is 18.2 Å². The number of carboxylic acid groups (broad SMARTS) is 2. The standard InChI is InChI=1S/C20H22FN4O7PS2.2C2HF3O2/c21-18-17-14(11-24)19(31-9-7-23)15(30-8-6-22)10-16(17)34-20(18)35(28,29)25-12-33(26,27)32-13-4-2-1-3-5-13;2*3-2(4,5)1(6)7/h1-5,10,25H,6-9,12,22-23H2,(H,26,27);2*(H,6,7). The van der Waals surface area contributed by atoms with Crippen molar-refractivity contribution < 1.29 is 82.4 Å². The van der Waals surface area contributed by atoms with Gasteiger partial charge in [0.25, 0.3) is 10.0 Å². The second kappa shape index (κ2) is 18.0. The fourth-order valence-electron chi connectivity index (χ4n) is 2.93. The summed E-state index contributed by atoms with van der Waals surface area (Å²) in [5, 5.41) is 23.7. The number of nitrogens with two attached hydrogens (primary N) is 2. The molecule has 0 saturated heterocycles. The molecule has 0 aliphatic rings. The number of hydrogen-bond donors (Lipinski definition) is 6. The maximum atomic E-state index is 15.4. The van der Waals surface area contributed by atoms with Crippen LogP contribution in [0.4, 0.5) is 30.7 Å². The topological polar surface area (TPSA) is 262 Å². The molecule has 0 aliphatic heterocycles. The minimum absolute atomic E-state index is 0.00909. The zero-order chi connectivity index (χ0) is 37.8. The third-order valence-corrected chi connectivity index (χ3v) is 9.11. The first-order valence-electron chi connectivity index (χ1n) is 12.5. The molecule has 49 heavy (non-hydrogen) atoms. The van der Waals surface area contributed by atoms with E-state index in [4.69, 9.17) is 45.3 Å². The van der Waals surface area contributed by atoms with Crippen LogP contribution in [0, 0.1) is 17.1 Å². The molecule has 0 spiro atoms. The first-order valence-corrected chi connectivity index (χ1v) is 16.6. The lowest BCUT2D eigenvalue weighted by molar-refractivity contribution is -0.193. The average Bonchev–Trinajstić information content (AvgIpc) is 3.34. The minimum atomic E-state index is -5.08. The summed E-state index contributed by atoms with van der Waals surface area (Å²) >= 11 is 0.515. The van der Waals surface area contributed by atoms with E-state index in [0.717, 1.165) is 0 Å².